The summed E-state index contributed by atoms with van der Waals surface area (Å²) in [4.78, 5) is 25.0. The SMILES string of the molecule is CC(NC(=O)CN1CCNC(=O)C1)c1cccc(Cl)c1. The molecule has 6 heteroatoms. The van der Waals surface area contributed by atoms with Gasteiger partial charge in [0.1, 0.15) is 0 Å². The van der Waals surface area contributed by atoms with Crippen LogP contribution in [0.2, 0.25) is 5.02 Å². The number of amides is 2. The Morgan fingerprint density at radius 2 is 2.35 bits per heavy atom. The van der Waals surface area contributed by atoms with Crippen LogP contribution in [0, 0.1) is 0 Å². The number of nitrogens with zero attached hydrogens (tertiary/aromatic N) is 1. The summed E-state index contributed by atoms with van der Waals surface area (Å²) in [5.74, 6) is -0.126. The predicted octanol–water partition coefficient (Wildman–Crippen LogP) is 0.949. The molecule has 1 aliphatic rings. The second-order valence-corrected chi connectivity index (χ2v) is 5.34. The lowest BCUT2D eigenvalue weighted by atomic mass is 10.1. The van der Waals surface area contributed by atoms with E-state index in [4.69, 9.17) is 11.6 Å². The molecule has 2 N–H and O–H groups in total. The Balaban J connectivity index is 1.86. The topological polar surface area (TPSA) is 61.4 Å². The van der Waals surface area contributed by atoms with Gasteiger partial charge in [0.15, 0.2) is 0 Å². The van der Waals surface area contributed by atoms with Crippen molar-refractivity contribution >= 4 is 23.4 Å². The number of piperazine rings is 1. The molecule has 0 aliphatic carbocycles. The van der Waals surface area contributed by atoms with Gasteiger partial charge in [-0.2, -0.15) is 0 Å². The summed E-state index contributed by atoms with van der Waals surface area (Å²) >= 11 is 5.93. The van der Waals surface area contributed by atoms with Gasteiger partial charge < -0.3 is 10.6 Å². The van der Waals surface area contributed by atoms with Crippen molar-refractivity contribution < 1.29 is 9.59 Å². The van der Waals surface area contributed by atoms with Crippen molar-refractivity contribution in [1.29, 1.82) is 0 Å². The molecular formula is C14H18ClN3O2. The van der Waals surface area contributed by atoms with Crippen molar-refractivity contribution in [2.75, 3.05) is 26.2 Å². The summed E-state index contributed by atoms with van der Waals surface area (Å²) < 4.78 is 0. The average Bonchev–Trinajstić information content (AvgIpc) is 2.38. The van der Waals surface area contributed by atoms with Gasteiger partial charge in [-0.1, -0.05) is 23.7 Å². The third kappa shape index (κ3) is 4.21. The predicted molar refractivity (Wildman–Crippen MR) is 77.5 cm³/mol. The summed E-state index contributed by atoms with van der Waals surface area (Å²) in [5.41, 5.74) is 0.960. The Morgan fingerprint density at radius 3 is 3.05 bits per heavy atom. The first kappa shape index (κ1) is 14.8. The number of carbonyl (C=O) groups excluding carboxylic acids is 2. The zero-order valence-electron chi connectivity index (χ0n) is 11.4. The average molecular weight is 296 g/mol. The van der Waals surface area contributed by atoms with Crippen LogP contribution in [-0.4, -0.2) is 42.9 Å². The number of rotatable bonds is 4. The number of hydrogen-bond acceptors (Lipinski definition) is 3. The van der Waals surface area contributed by atoms with E-state index in [9.17, 15) is 9.59 Å². The van der Waals surface area contributed by atoms with Crippen LogP contribution >= 0.6 is 11.6 Å². The summed E-state index contributed by atoms with van der Waals surface area (Å²) in [5, 5.41) is 6.30. The van der Waals surface area contributed by atoms with Crippen molar-refractivity contribution in [3.8, 4) is 0 Å². The second kappa shape index (κ2) is 6.72. The molecule has 0 saturated carbocycles. The van der Waals surface area contributed by atoms with Crippen LogP contribution < -0.4 is 10.6 Å². The lowest BCUT2D eigenvalue weighted by molar-refractivity contribution is -0.127. The van der Waals surface area contributed by atoms with Crippen LogP contribution in [0.25, 0.3) is 0 Å². The third-order valence-electron chi connectivity index (χ3n) is 3.21. The van der Waals surface area contributed by atoms with E-state index in [1.54, 1.807) is 6.07 Å². The molecule has 1 aliphatic heterocycles. The quantitative estimate of drug-likeness (QED) is 0.869. The molecule has 1 aromatic carbocycles. The summed E-state index contributed by atoms with van der Waals surface area (Å²) in [6, 6.07) is 7.30. The Kier molecular flexibility index (Phi) is 4.98. The Labute approximate surface area is 123 Å². The number of nitrogens with one attached hydrogen (secondary N) is 2. The first-order valence-electron chi connectivity index (χ1n) is 6.58. The normalized spacial score (nSPS) is 17.4. The van der Waals surface area contributed by atoms with Gasteiger partial charge >= 0.3 is 0 Å². The molecule has 0 radical (unpaired) electrons. The molecule has 1 atom stereocenters. The molecular weight excluding hydrogens is 278 g/mol. The van der Waals surface area contributed by atoms with Crippen LogP contribution in [0.15, 0.2) is 24.3 Å². The minimum Gasteiger partial charge on any atom is -0.354 e. The van der Waals surface area contributed by atoms with E-state index < -0.39 is 0 Å². The van der Waals surface area contributed by atoms with Gasteiger partial charge in [-0.15, -0.1) is 0 Å². The van der Waals surface area contributed by atoms with Gasteiger partial charge in [0.25, 0.3) is 0 Å². The lowest BCUT2D eigenvalue weighted by Crippen LogP contribution is -2.50. The molecule has 1 fully saturated rings. The molecule has 0 bridgehead atoms. The van der Waals surface area contributed by atoms with Crippen molar-refractivity contribution in [3.05, 3.63) is 34.9 Å². The minimum absolute atomic E-state index is 0.0352. The van der Waals surface area contributed by atoms with E-state index in [1.165, 1.54) is 0 Å². The van der Waals surface area contributed by atoms with E-state index in [-0.39, 0.29) is 30.9 Å². The maximum absolute atomic E-state index is 12.0. The van der Waals surface area contributed by atoms with Crippen LogP contribution in [-0.2, 0) is 9.59 Å². The molecule has 1 unspecified atom stereocenters. The smallest absolute Gasteiger partial charge is 0.234 e. The maximum atomic E-state index is 12.0. The maximum Gasteiger partial charge on any atom is 0.234 e. The zero-order chi connectivity index (χ0) is 14.5. The largest absolute Gasteiger partial charge is 0.354 e. The summed E-state index contributed by atoms with van der Waals surface area (Å²) in [7, 11) is 0. The lowest BCUT2D eigenvalue weighted by Gasteiger charge is -2.26. The van der Waals surface area contributed by atoms with Gasteiger partial charge in [-0.05, 0) is 24.6 Å². The van der Waals surface area contributed by atoms with Crippen molar-refractivity contribution in [1.82, 2.24) is 15.5 Å². The number of carbonyl (C=O) groups is 2. The monoisotopic (exact) mass is 295 g/mol. The van der Waals surface area contributed by atoms with Crippen LogP contribution in [0.3, 0.4) is 0 Å². The fraction of sp³-hybridized carbons (Fsp3) is 0.429. The highest BCUT2D eigenvalue weighted by Crippen LogP contribution is 2.17. The number of halogens is 1. The van der Waals surface area contributed by atoms with Gasteiger partial charge in [0, 0.05) is 18.1 Å². The molecule has 1 heterocycles. The highest BCUT2D eigenvalue weighted by atomic mass is 35.5. The molecule has 2 amide bonds. The number of benzene rings is 1. The highest BCUT2D eigenvalue weighted by molar-refractivity contribution is 6.30. The van der Waals surface area contributed by atoms with Gasteiger partial charge in [-0.25, -0.2) is 0 Å². The van der Waals surface area contributed by atoms with Crippen molar-refractivity contribution in [2.45, 2.75) is 13.0 Å². The van der Waals surface area contributed by atoms with E-state index in [1.807, 2.05) is 30.0 Å². The van der Waals surface area contributed by atoms with Crippen LogP contribution in [0.1, 0.15) is 18.5 Å². The van der Waals surface area contributed by atoms with Gasteiger partial charge in [0.2, 0.25) is 11.8 Å². The van der Waals surface area contributed by atoms with E-state index in [0.717, 1.165) is 5.56 Å². The van der Waals surface area contributed by atoms with E-state index in [0.29, 0.717) is 18.1 Å². The fourth-order valence-corrected chi connectivity index (χ4v) is 2.37. The minimum atomic E-state index is -0.111. The fourth-order valence-electron chi connectivity index (χ4n) is 2.18. The first-order chi connectivity index (χ1) is 9.54. The van der Waals surface area contributed by atoms with E-state index >= 15 is 0 Å². The standard InChI is InChI=1S/C14H18ClN3O2/c1-10(11-3-2-4-12(15)7-11)17-14(20)9-18-6-5-16-13(19)8-18/h2-4,7,10H,5-6,8-9H2,1H3,(H,16,19)(H,17,20). The Morgan fingerprint density at radius 1 is 1.55 bits per heavy atom. The van der Waals surface area contributed by atoms with Gasteiger partial charge in [0.05, 0.1) is 19.1 Å². The molecule has 0 aromatic heterocycles. The second-order valence-electron chi connectivity index (χ2n) is 4.90. The summed E-state index contributed by atoms with van der Waals surface area (Å²) in [6.45, 7) is 3.71. The third-order valence-corrected chi connectivity index (χ3v) is 3.45. The van der Waals surface area contributed by atoms with Crippen molar-refractivity contribution in [3.63, 3.8) is 0 Å². The Hall–Kier alpha value is -1.59. The molecule has 1 aromatic rings. The molecule has 108 valence electrons. The van der Waals surface area contributed by atoms with Crippen LogP contribution in [0.5, 0.6) is 0 Å². The molecule has 20 heavy (non-hydrogen) atoms. The Bertz CT molecular complexity index is 507. The van der Waals surface area contributed by atoms with Gasteiger partial charge in [-0.3, -0.25) is 14.5 Å². The number of hydrogen-bond donors (Lipinski definition) is 2. The van der Waals surface area contributed by atoms with Crippen LogP contribution in [0.4, 0.5) is 0 Å². The molecule has 1 saturated heterocycles. The summed E-state index contributed by atoms with van der Waals surface area (Å²) in [6.07, 6.45) is 0. The zero-order valence-corrected chi connectivity index (χ0v) is 12.1. The first-order valence-corrected chi connectivity index (χ1v) is 6.96. The molecule has 0 spiro atoms. The van der Waals surface area contributed by atoms with Crippen molar-refractivity contribution in [2.24, 2.45) is 0 Å². The highest BCUT2D eigenvalue weighted by Gasteiger charge is 2.19. The molecule has 5 nitrogen and oxygen atoms in total. The molecule has 2 rings (SSSR count). The van der Waals surface area contributed by atoms with E-state index in [2.05, 4.69) is 10.6 Å².